The molecule has 2 heteroatoms. The second kappa shape index (κ2) is 4.97. The van der Waals surface area contributed by atoms with E-state index in [1.54, 1.807) is 0 Å². The van der Waals surface area contributed by atoms with Gasteiger partial charge in [0, 0.05) is 6.04 Å². The number of hydrogen-bond donors (Lipinski definition) is 1. The molecule has 1 aliphatic carbocycles. The van der Waals surface area contributed by atoms with Gasteiger partial charge in [0.25, 0.3) is 0 Å². The Balaban J connectivity index is 2.22. The Bertz CT molecular complexity index is 147. The first-order valence-electron chi connectivity index (χ1n) is 5.50. The van der Waals surface area contributed by atoms with E-state index in [-0.39, 0.29) is 0 Å². The predicted octanol–water partition coefficient (Wildman–Crippen LogP) is 2.05. The number of rotatable bonds is 6. The topological polar surface area (TPSA) is 21.3 Å². The minimum atomic E-state index is 0.357. The van der Waals surface area contributed by atoms with Crippen molar-refractivity contribution in [1.82, 2.24) is 5.32 Å². The fraction of sp³-hybridized carbons (Fsp3) is 1.00. The minimum absolute atomic E-state index is 0.357. The van der Waals surface area contributed by atoms with E-state index in [1.807, 2.05) is 0 Å². The van der Waals surface area contributed by atoms with E-state index < -0.39 is 0 Å². The Morgan fingerprint density at radius 3 is 2.46 bits per heavy atom. The molecule has 3 unspecified atom stereocenters. The molecule has 0 aromatic carbocycles. The number of nitrogens with one attached hydrogen (secondary N) is 1. The fourth-order valence-corrected chi connectivity index (χ4v) is 1.80. The maximum absolute atomic E-state index is 5.64. The molecule has 1 saturated carbocycles. The van der Waals surface area contributed by atoms with Crippen LogP contribution >= 0.6 is 0 Å². The molecule has 0 amide bonds. The highest BCUT2D eigenvalue weighted by molar-refractivity contribution is 4.92. The average Bonchev–Trinajstić information content (AvgIpc) is 2.76. The lowest BCUT2D eigenvalue weighted by molar-refractivity contribution is 0.0562. The van der Waals surface area contributed by atoms with E-state index in [0.717, 1.165) is 25.0 Å². The van der Waals surface area contributed by atoms with Crippen LogP contribution in [0.2, 0.25) is 0 Å². The zero-order chi connectivity index (χ0) is 9.84. The van der Waals surface area contributed by atoms with Crippen molar-refractivity contribution in [3.8, 4) is 0 Å². The van der Waals surface area contributed by atoms with Gasteiger partial charge in [0.2, 0.25) is 0 Å². The largest absolute Gasteiger partial charge is 0.377 e. The molecule has 1 N–H and O–H groups in total. The first-order valence-corrected chi connectivity index (χ1v) is 5.50. The summed E-state index contributed by atoms with van der Waals surface area (Å²) < 4.78 is 5.64. The third-order valence-electron chi connectivity index (χ3n) is 2.76. The molecule has 1 aliphatic rings. The predicted molar refractivity (Wildman–Crippen MR) is 55.8 cm³/mol. The van der Waals surface area contributed by atoms with E-state index >= 15 is 0 Å². The molecule has 0 aliphatic heterocycles. The molecule has 3 atom stereocenters. The van der Waals surface area contributed by atoms with Crippen molar-refractivity contribution in [3.63, 3.8) is 0 Å². The molecule has 0 saturated heterocycles. The van der Waals surface area contributed by atoms with Crippen molar-refractivity contribution in [3.05, 3.63) is 0 Å². The molecule has 0 aromatic heterocycles. The van der Waals surface area contributed by atoms with E-state index in [4.69, 9.17) is 4.74 Å². The van der Waals surface area contributed by atoms with Gasteiger partial charge >= 0.3 is 0 Å². The highest BCUT2D eigenvalue weighted by Gasteiger charge is 2.39. The van der Waals surface area contributed by atoms with Crippen LogP contribution in [0.25, 0.3) is 0 Å². The molecule has 1 fully saturated rings. The lowest BCUT2D eigenvalue weighted by Gasteiger charge is -2.19. The fourth-order valence-electron chi connectivity index (χ4n) is 1.80. The first kappa shape index (κ1) is 11.0. The summed E-state index contributed by atoms with van der Waals surface area (Å²) in [6, 6.07) is 0.586. The Labute approximate surface area is 82.0 Å². The highest BCUT2D eigenvalue weighted by atomic mass is 16.5. The van der Waals surface area contributed by atoms with Crippen molar-refractivity contribution in [2.24, 2.45) is 11.8 Å². The van der Waals surface area contributed by atoms with Crippen LogP contribution < -0.4 is 5.32 Å². The van der Waals surface area contributed by atoms with Crippen molar-refractivity contribution < 1.29 is 4.74 Å². The molecule has 0 spiro atoms. The lowest BCUT2D eigenvalue weighted by atomic mass is 10.1. The zero-order valence-corrected chi connectivity index (χ0v) is 9.34. The molecular weight excluding hydrogens is 162 g/mol. The van der Waals surface area contributed by atoms with Crippen LogP contribution in [0, 0.1) is 11.8 Å². The van der Waals surface area contributed by atoms with Crippen LogP contribution in [0.15, 0.2) is 0 Å². The second-order valence-electron chi connectivity index (χ2n) is 4.42. The molecule has 0 bridgehead atoms. The van der Waals surface area contributed by atoms with Gasteiger partial charge in [-0.3, -0.25) is 0 Å². The van der Waals surface area contributed by atoms with Crippen LogP contribution in [0.1, 0.15) is 34.1 Å². The molecule has 0 heterocycles. The summed E-state index contributed by atoms with van der Waals surface area (Å²) in [4.78, 5) is 0. The highest BCUT2D eigenvalue weighted by Crippen LogP contribution is 2.40. The smallest absolute Gasteiger partial charge is 0.0625 e. The van der Waals surface area contributed by atoms with Gasteiger partial charge in [0.1, 0.15) is 0 Å². The number of ether oxygens (including phenoxy) is 1. The van der Waals surface area contributed by atoms with Gasteiger partial charge in [-0.1, -0.05) is 13.8 Å². The molecule has 2 nitrogen and oxygen atoms in total. The summed E-state index contributed by atoms with van der Waals surface area (Å²) in [6.45, 7) is 10.6. The monoisotopic (exact) mass is 185 g/mol. The van der Waals surface area contributed by atoms with Gasteiger partial charge in [0.05, 0.1) is 12.7 Å². The van der Waals surface area contributed by atoms with E-state index in [1.165, 1.54) is 6.42 Å². The average molecular weight is 185 g/mol. The molecule has 1 rings (SSSR count). The number of likely N-dealkylation sites (N-methyl/N-ethyl adjacent to an activating group) is 1. The summed E-state index contributed by atoms with van der Waals surface area (Å²) in [6.07, 6.45) is 1.73. The maximum atomic E-state index is 5.64. The van der Waals surface area contributed by atoms with Crippen LogP contribution in [-0.2, 0) is 4.74 Å². The zero-order valence-electron chi connectivity index (χ0n) is 9.34. The molecule has 13 heavy (non-hydrogen) atoms. The van der Waals surface area contributed by atoms with Crippen molar-refractivity contribution in [2.75, 3.05) is 13.2 Å². The van der Waals surface area contributed by atoms with Crippen LogP contribution in [0.5, 0.6) is 0 Å². The third-order valence-corrected chi connectivity index (χ3v) is 2.76. The standard InChI is InChI=1S/C11H23NO/c1-5-12-11(7-13-8(2)3)10-6-9(10)4/h8-12H,5-7H2,1-4H3. The Hall–Kier alpha value is -0.0800. The van der Waals surface area contributed by atoms with Gasteiger partial charge < -0.3 is 10.1 Å². The van der Waals surface area contributed by atoms with E-state index in [9.17, 15) is 0 Å². The third kappa shape index (κ3) is 3.65. The molecule has 78 valence electrons. The van der Waals surface area contributed by atoms with Crippen molar-refractivity contribution >= 4 is 0 Å². The minimum Gasteiger partial charge on any atom is -0.377 e. The van der Waals surface area contributed by atoms with Gasteiger partial charge in [-0.25, -0.2) is 0 Å². The Morgan fingerprint density at radius 2 is 2.08 bits per heavy atom. The van der Waals surface area contributed by atoms with Gasteiger partial charge in [-0.15, -0.1) is 0 Å². The normalized spacial score (nSPS) is 29.3. The first-order chi connectivity index (χ1) is 6.15. The van der Waals surface area contributed by atoms with Gasteiger partial charge in [-0.05, 0) is 38.6 Å². The van der Waals surface area contributed by atoms with Gasteiger partial charge in [0.15, 0.2) is 0 Å². The molecular formula is C11H23NO. The molecule has 0 radical (unpaired) electrons. The summed E-state index contributed by atoms with van der Waals surface area (Å²) in [5.41, 5.74) is 0. The summed E-state index contributed by atoms with van der Waals surface area (Å²) in [5, 5.41) is 3.51. The van der Waals surface area contributed by atoms with Gasteiger partial charge in [-0.2, -0.15) is 0 Å². The van der Waals surface area contributed by atoms with Crippen LogP contribution in [-0.4, -0.2) is 25.3 Å². The summed E-state index contributed by atoms with van der Waals surface area (Å²) >= 11 is 0. The Kier molecular flexibility index (Phi) is 4.20. The Morgan fingerprint density at radius 1 is 1.46 bits per heavy atom. The van der Waals surface area contributed by atoms with Crippen molar-refractivity contribution in [2.45, 2.75) is 46.3 Å². The van der Waals surface area contributed by atoms with E-state index in [2.05, 4.69) is 33.0 Å². The molecule has 0 aromatic rings. The quantitative estimate of drug-likeness (QED) is 0.684. The van der Waals surface area contributed by atoms with Crippen LogP contribution in [0.3, 0.4) is 0 Å². The summed E-state index contributed by atoms with van der Waals surface area (Å²) in [5.74, 6) is 1.76. The summed E-state index contributed by atoms with van der Waals surface area (Å²) in [7, 11) is 0. The number of hydrogen-bond acceptors (Lipinski definition) is 2. The lowest BCUT2D eigenvalue weighted by Crippen LogP contribution is -2.36. The SMILES string of the molecule is CCNC(COC(C)C)C1CC1C. The maximum Gasteiger partial charge on any atom is 0.0625 e. The second-order valence-corrected chi connectivity index (χ2v) is 4.42. The van der Waals surface area contributed by atoms with Crippen LogP contribution in [0.4, 0.5) is 0 Å². The van der Waals surface area contributed by atoms with E-state index in [0.29, 0.717) is 12.1 Å². The van der Waals surface area contributed by atoms with Crippen molar-refractivity contribution in [1.29, 1.82) is 0 Å².